The average molecular weight is 392 g/mol. The molecule has 0 aliphatic carbocycles. The molecule has 0 aliphatic heterocycles. The van der Waals surface area contributed by atoms with Gasteiger partial charge >= 0.3 is 0 Å². The van der Waals surface area contributed by atoms with Crippen molar-refractivity contribution in [3.63, 3.8) is 0 Å². The van der Waals surface area contributed by atoms with Crippen LogP contribution in [0, 0.1) is 0 Å². The van der Waals surface area contributed by atoms with Gasteiger partial charge in [0.2, 0.25) is 5.91 Å². The predicted octanol–water partition coefficient (Wildman–Crippen LogP) is 3.98. The molecule has 0 saturated carbocycles. The first-order chi connectivity index (χ1) is 12.3. The maximum atomic E-state index is 12.5. The molecule has 26 heavy (non-hydrogen) atoms. The van der Waals surface area contributed by atoms with Gasteiger partial charge in [0.1, 0.15) is 0 Å². The summed E-state index contributed by atoms with van der Waals surface area (Å²) in [5.74, 6) is 0.778. The number of thioether (sulfide) groups is 1. The van der Waals surface area contributed by atoms with Crippen LogP contribution < -0.4 is 5.32 Å². The van der Waals surface area contributed by atoms with E-state index in [9.17, 15) is 13.2 Å². The second kappa shape index (κ2) is 9.24. The van der Waals surface area contributed by atoms with E-state index in [1.54, 1.807) is 36.0 Å². The molecule has 6 heteroatoms. The molecule has 1 amide bonds. The summed E-state index contributed by atoms with van der Waals surface area (Å²) < 4.78 is 23.1. The van der Waals surface area contributed by atoms with Crippen molar-refractivity contribution in [2.24, 2.45) is 0 Å². The Morgan fingerprint density at radius 1 is 1.08 bits per heavy atom. The van der Waals surface area contributed by atoms with Crippen molar-refractivity contribution in [2.45, 2.75) is 42.2 Å². The van der Waals surface area contributed by atoms with Crippen LogP contribution in [0.15, 0.2) is 59.5 Å². The molecular weight excluding hydrogens is 366 g/mol. The highest BCUT2D eigenvalue weighted by molar-refractivity contribution is 7.99. The lowest BCUT2D eigenvalue weighted by Crippen LogP contribution is -2.34. The third-order valence-electron chi connectivity index (χ3n) is 4.15. The number of amides is 1. The summed E-state index contributed by atoms with van der Waals surface area (Å²) in [6.07, 6.45) is 1.92. The van der Waals surface area contributed by atoms with E-state index in [-0.39, 0.29) is 22.1 Å². The molecule has 0 saturated heterocycles. The lowest BCUT2D eigenvalue weighted by atomic mass is 10.0. The molecule has 2 atom stereocenters. The minimum Gasteiger partial charge on any atom is -0.348 e. The van der Waals surface area contributed by atoms with Crippen molar-refractivity contribution in [2.75, 3.05) is 6.26 Å². The Morgan fingerprint density at radius 2 is 1.69 bits per heavy atom. The molecule has 1 N–H and O–H groups in total. The van der Waals surface area contributed by atoms with Crippen LogP contribution in [0.5, 0.6) is 0 Å². The Morgan fingerprint density at radius 3 is 2.23 bits per heavy atom. The maximum absolute atomic E-state index is 12.5. The molecular formula is C20H25NO3S2. The van der Waals surface area contributed by atoms with Gasteiger partial charge in [0.15, 0.2) is 9.84 Å². The molecule has 0 bridgehead atoms. The molecule has 0 spiro atoms. The molecule has 0 radical (unpaired) electrons. The summed E-state index contributed by atoms with van der Waals surface area (Å²) in [5, 5.41) is 2.90. The molecule has 0 aliphatic rings. The summed E-state index contributed by atoms with van der Waals surface area (Å²) in [5.41, 5.74) is 2.11. The van der Waals surface area contributed by atoms with Crippen molar-refractivity contribution >= 4 is 27.5 Å². The Labute approximate surface area is 160 Å². The standard InChI is InChI=1S/C20H25NO3S2/c1-4-19(17-10-12-18(13-11-17)26(3,23)24)21-20(22)15(2)25-14-16-8-6-5-7-9-16/h5-13,15,19H,4,14H2,1-3H3,(H,21,22)/t15-,19-/m1/s1. The fourth-order valence-corrected chi connectivity index (χ4v) is 4.01. The summed E-state index contributed by atoms with van der Waals surface area (Å²) in [7, 11) is -3.21. The van der Waals surface area contributed by atoms with Crippen LogP contribution >= 0.6 is 11.8 Å². The van der Waals surface area contributed by atoms with Gasteiger partial charge in [-0.2, -0.15) is 0 Å². The van der Waals surface area contributed by atoms with Crippen LogP contribution in [0.2, 0.25) is 0 Å². The Hall–Kier alpha value is -1.79. The van der Waals surface area contributed by atoms with Gasteiger partial charge < -0.3 is 5.32 Å². The maximum Gasteiger partial charge on any atom is 0.233 e. The van der Waals surface area contributed by atoms with E-state index in [0.29, 0.717) is 0 Å². The zero-order valence-electron chi connectivity index (χ0n) is 15.3. The van der Waals surface area contributed by atoms with Gasteiger partial charge in [-0.05, 0) is 36.6 Å². The highest BCUT2D eigenvalue weighted by Gasteiger charge is 2.19. The van der Waals surface area contributed by atoms with Gasteiger partial charge in [-0.25, -0.2) is 8.42 Å². The highest BCUT2D eigenvalue weighted by atomic mass is 32.2. The molecule has 2 rings (SSSR count). The van der Waals surface area contributed by atoms with E-state index < -0.39 is 9.84 Å². The number of hydrogen-bond acceptors (Lipinski definition) is 4. The molecule has 0 fully saturated rings. The third-order valence-corrected chi connectivity index (χ3v) is 6.49. The molecule has 2 aromatic rings. The molecule has 2 aromatic carbocycles. The van der Waals surface area contributed by atoms with E-state index in [0.717, 1.165) is 17.7 Å². The van der Waals surface area contributed by atoms with E-state index in [2.05, 4.69) is 17.4 Å². The summed E-state index contributed by atoms with van der Waals surface area (Å²) >= 11 is 1.60. The second-order valence-corrected chi connectivity index (χ2v) is 9.59. The predicted molar refractivity (Wildman–Crippen MR) is 108 cm³/mol. The van der Waals surface area contributed by atoms with Crippen LogP contribution in [0.4, 0.5) is 0 Å². The number of sulfone groups is 1. The first-order valence-corrected chi connectivity index (χ1v) is 11.5. The molecule has 140 valence electrons. The summed E-state index contributed by atoms with van der Waals surface area (Å²) in [4.78, 5) is 12.8. The van der Waals surface area contributed by atoms with Crippen LogP contribution in [-0.2, 0) is 20.4 Å². The fourth-order valence-electron chi connectivity index (χ4n) is 2.53. The van der Waals surface area contributed by atoms with E-state index in [1.165, 1.54) is 11.8 Å². The average Bonchev–Trinajstić information content (AvgIpc) is 2.64. The van der Waals surface area contributed by atoms with Gasteiger partial charge in [-0.1, -0.05) is 49.4 Å². The minimum atomic E-state index is -3.21. The zero-order valence-corrected chi connectivity index (χ0v) is 16.9. The van der Waals surface area contributed by atoms with Gasteiger partial charge in [0.05, 0.1) is 16.2 Å². The third kappa shape index (κ3) is 5.88. The van der Waals surface area contributed by atoms with Crippen LogP contribution in [-0.4, -0.2) is 25.8 Å². The molecule has 0 unspecified atom stereocenters. The van der Waals surface area contributed by atoms with Crippen LogP contribution in [0.3, 0.4) is 0 Å². The lowest BCUT2D eigenvalue weighted by Gasteiger charge is -2.20. The normalized spacial score (nSPS) is 13.8. The number of rotatable bonds is 8. The van der Waals surface area contributed by atoms with Gasteiger partial charge in [0.25, 0.3) is 0 Å². The quantitative estimate of drug-likeness (QED) is 0.739. The van der Waals surface area contributed by atoms with Crippen LogP contribution in [0.25, 0.3) is 0 Å². The smallest absolute Gasteiger partial charge is 0.233 e. The molecule has 0 aromatic heterocycles. The fraction of sp³-hybridized carbons (Fsp3) is 0.350. The van der Waals surface area contributed by atoms with E-state index in [4.69, 9.17) is 0 Å². The lowest BCUT2D eigenvalue weighted by molar-refractivity contribution is -0.121. The van der Waals surface area contributed by atoms with E-state index >= 15 is 0 Å². The van der Waals surface area contributed by atoms with Crippen LogP contribution in [0.1, 0.15) is 37.4 Å². The van der Waals surface area contributed by atoms with Gasteiger partial charge in [-0.15, -0.1) is 11.8 Å². The summed E-state index contributed by atoms with van der Waals surface area (Å²) in [6, 6.07) is 16.7. The van der Waals surface area contributed by atoms with Crippen molar-refractivity contribution < 1.29 is 13.2 Å². The van der Waals surface area contributed by atoms with Crippen molar-refractivity contribution in [3.8, 4) is 0 Å². The number of carbonyl (C=O) groups is 1. The monoisotopic (exact) mass is 391 g/mol. The Bertz CT molecular complexity index is 818. The molecule has 0 heterocycles. The Kier molecular flexibility index (Phi) is 7.29. The highest BCUT2D eigenvalue weighted by Crippen LogP contribution is 2.22. The summed E-state index contributed by atoms with van der Waals surface area (Å²) in [6.45, 7) is 3.90. The number of hydrogen-bond donors (Lipinski definition) is 1. The number of benzene rings is 2. The minimum absolute atomic E-state index is 0.00929. The number of nitrogens with one attached hydrogen (secondary N) is 1. The zero-order chi connectivity index (χ0) is 19.2. The van der Waals surface area contributed by atoms with E-state index in [1.807, 2.05) is 32.0 Å². The molecule has 4 nitrogen and oxygen atoms in total. The first-order valence-electron chi connectivity index (χ1n) is 8.57. The topological polar surface area (TPSA) is 63.2 Å². The second-order valence-electron chi connectivity index (χ2n) is 6.25. The van der Waals surface area contributed by atoms with Crippen molar-refractivity contribution in [1.82, 2.24) is 5.32 Å². The van der Waals surface area contributed by atoms with Gasteiger partial charge in [0, 0.05) is 12.0 Å². The van der Waals surface area contributed by atoms with Crippen molar-refractivity contribution in [3.05, 3.63) is 65.7 Å². The first kappa shape index (κ1) is 20.5. The largest absolute Gasteiger partial charge is 0.348 e. The van der Waals surface area contributed by atoms with Gasteiger partial charge in [-0.3, -0.25) is 4.79 Å². The van der Waals surface area contributed by atoms with Crippen molar-refractivity contribution in [1.29, 1.82) is 0 Å². The number of carbonyl (C=O) groups excluding carboxylic acids is 1. The SMILES string of the molecule is CC[C@@H](NC(=O)[C@@H](C)SCc1ccccc1)c1ccc(S(C)(=O)=O)cc1. The Balaban J connectivity index is 1.96.